The van der Waals surface area contributed by atoms with Crippen LogP contribution in [0.5, 0.6) is 0 Å². The van der Waals surface area contributed by atoms with Crippen molar-refractivity contribution in [2.45, 2.75) is 16.3 Å². The number of hydrogen-bond donors (Lipinski definition) is 2. The number of sulfonamides is 1. The number of benzene rings is 2. The first-order valence-electron chi connectivity index (χ1n) is 9.76. The number of rotatable bonds is 10. The Morgan fingerprint density at radius 3 is 2.42 bits per heavy atom. The number of hydrogen-bond acceptors (Lipinski definition) is 7. The number of anilines is 1. The molecule has 8 nitrogen and oxygen atoms in total. The number of thioether (sulfide) groups is 1. The maximum Gasteiger partial charge on any atom is 0.331 e. The second kappa shape index (κ2) is 11.5. The van der Waals surface area contributed by atoms with Crippen molar-refractivity contribution in [2.24, 2.45) is 0 Å². The fraction of sp³-hybridized carbons (Fsp3) is 0.130. The van der Waals surface area contributed by atoms with Crippen LogP contribution in [0, 0.1) is 0 Å². The minimum absolute atomic E-state index is 0.0412. The summed E-state index contributed by atoms with van der Waals surface area (Å²) in [6.45, 7) is -0.383. The molecule has 0 spiro atoms. The lowest BCUT2D eigenvalue weighted by Crippen LogP contribution is -2.22. The van der Waals surface area contributed by atoms with Crippen LogP contribution in [0.15, 0.2) is 87.2 Å². The van der Waals surface area contributed by atoms with Crippen molar-refractivity contribution < 1.29 is 27.2 Å². The third-order valence-electron chi connectivity index (χ3n) is 4.34. The summed E-state index contributed by atoms with van der Waals surface area (Å²) in [5, 5.41) is 2.64. The standard InChI is InChI=1S/C23H22N2O6S2/c1-32-20-9-7-18(8-10-20)25-22(26)16-31-23(27)13-6-17-4-11-21(12-5-17)33(28,29)24-15-19-3-2-14-30-19/h2-14,24H,15-16H2,1H3,(H,25,26)/b13-6+. The number of esters is 1. The van der Waals surface area contributed by atoms with Gasteiger partial charge in [0.15, 0.2) is 6.61 Å². The first-order valence-corrected chi connectivity index (χ1v) is 12.5. The van der Waals surface area contributed by atoms with Crippen LogP contribution in [0.4, 0.5) is 5.69 Å². The van der Waals surface area contributed by atoms with Gasteiger partial charge in [-0.1, -0.05) is 12.1 Å². The van der Waals surface area contributed by atoms with Gasteiger partial charge in [0.2, 0.25) is 10.0 Å². The summed E-state index contributed by atoms with van der Waals surface area (Å²) in [6, 6.07) is 16.6. The number of carbonyl (C=O) groups excluding carboxylic acids is 2. The summed E-state index contributed by atoms with van der Waals surface area (Å²) in [5.74, 6) is -0.649. The molecule has 0 atom stereocenters. The van der Waals surface area contributed by atoms with Crippen molar-refractivity contribution in [3.63, 3.8) is 0 Å². The summed E-state index contributed by atoms with van der Waals surface area (Å²) in [5.41, 5.74) is 1.20. The van der Waals surface area contributed by atoms with E-state index in [-0.39, 0.29) is 11.4 Å². The zero-order chi connectivity index (χ0) is 23.7. The van der Waals surface area contributed by atoms with Gasteiger partial charge >= 0.3 is 5.97 Å². The summed E-state index contributed by atoms with van der Waals surface area (Å²) in [7, 11) is -3.70. The van der Waals surface area contributed by atoms with Crippen LogP contribution in [0.3, 0.4) is 0 Å². The van der Waals surface area contributed by atoms with E-state index in [1.54, 1.807) is 48.2 Å². The summed E-state index contributed by atoms with van der Waals surface area (Å²) in [6.07, 6.45) is 6.05. The molecule has 172 valence electrons. The van der Waals surface area contributed by atoms with E-state index >= 15 is 0 Å². The van der Waals surface area contributed by atoms with Crippen molar-refractivity contribution in [2.75, 3.05) is 18.2 Å². The molecule has 1 aromatic heterocycles. The zero-order valence-electron chi connectivity index (χ0n) is 17.7. The normalized spacial score (nSPS) is 11.4. The van der Waals surface area contributed by atoms with Gasteiger partial charge in [0.25, 0.3) is 5.91 Å². The van der Waals surface area contributed by atoms with Crippen molar-refractivity contribution in [3.05, 3.63) is 84.3 Å². The van der Waals surface area contributed by atoms with Crippen molar-refractivity contribution in [3.8, 4) is 0 Å². The molecule has 0 saturated carbocycles. The molecule has 0 aliphatic heterocycles. The first-order chi connectivity index (χ1) is 15.9. The van der Waals surface area contributed by atoms with E-state index in [0.29, 0.717) is 17.0 Å². The zero-order valence-corrected chi connectivity index (χ0v) is 19.3. The lowest BCUT2D eigenvalue weighted by atomic mass is 10.2. The van der Waals surface area contributed by atoms with Gasteiger partial charge in [-0.25, -0.2) is 17.9 Å². The highest BCUT2D eigenvalue weighted by Gasteiger charge is 2.14. The summed E-state index contributed by atoms with van der Waals surface area (Å²) < 4.78 is 37.1. The molecule has 3 aromatic rings. The van der Waals surface area contributed by atoms with E-state index in [2.05, 4.69) is 10.0 Å². The van der Waals surface area contributed by atoms with Crippen LogP contribution < -0.4 is 10.0 Å². The topological polar surface area (TPSA) is 115 Å². The lowest BCUT2D eigenvalue weighted by Gasteiger charge is -2.06. The molecular formula is C23H22N2O6S2. The van der Waals surface area contributed by atoms with E-state index in [1.807, 2.05) is 18.4 Å². The Hall–Kier alpha value is -3.34. The van der Waals surface area contributed by atoms with E-state index in [9.17, 15) is 18.0 Å². The summed E-state index contributed by atoms with van der Waals surface area (Å²) in [4.78, 5) is 24.9. The molecule has 0 bridgehead atoms. The van der Waals surface area contributed by atoms with Crippen LogP contribution in [0.1, 0.15) is 11.3 Å². The van der Waals surface area contributed by atoms with Crippen molar-refractivity contribution in [1.29, 1.82) is 0 Å². The van der Waals surface area contributed by atoms with Gasteiger partial charge in [-0.3, -0.25) is 4.79 Å². The van der Waals surface area contributed by atoms with Crippen LogP contribution in [-0.2, 0) is 30.9 Å². The Labute approximate surface area is 196 Å². The van der Waals surface area contributed by atoms with Crippen LogP contribution in [0.2, 0.25) is 0 Å². The average Bonchev–Trinajstić information content (AvgIpc) is 3.35. The molecule has 0 saturated heterocycles. The van der Waals surface area contributed by atoms with Gasteiger partial charge in [0, 0.05) is 16.7 Å². The summed E-state index contributed by atoms with van der Waals surface area (Å²) >= 11 is 1.59. The highest BCUT2D eigenvalue weighted by Crippen LogP contribution is 2.17. The molecule has 0 radical (unpaired) electrons. The van der Waals surface area contributed by atoms with Crippen molar-refractivity contribution in [1.82, 2.24) is 4.72 Å². The fourth-order valence-corrected chi connectivity index (χ4v) is 4.04. The molecule has 1 heterocycles. The smallest absolute Gasteiger partial charge is 0.331 e. The fourth-order valence-electron chi connectivity index (χ4n) is 2.64. The van der Waals surface area contributed by atoms with E-state index in [4.69, 9.17) is 9.15 Å². The second-order valence-corrected chi connectivity index (χ2v) is 9.34. The molecule has 10 heteroatoms. The Morgan fingerprint density at radius 2 is 1.79 bits per heavy atom. The Kier molecular flexibility index (Phi) is 8.47. The third-order valence-corrected chi connectivity index (χ3v) is 6.50. The first kappa shape index (κ1) is 24.3. The predicted octanol–water partition coefficient (Wildman–Crippen LogP) is 3.68. The second-order valence-electron chi connectivity index (χ2n) is 6.69. The maximum atomic E-state index is 12.3. The van der Waals surface area contributed by atoms with E-state index < -0.39 is 28.5 Å². The molecule has 33 heavy (non-hydrogen) atoms. The van der Waals surface area contributed by atoms with Crippen LogP contribution >= 0.6 is 11.8 Å². The van der Waals surface area contributed by atoms with E-state index in [1.165, 1.54) is 30.5 Å². The van der Waals surface area contributed by atoms with Gasteiger partial charge in [0.1, 0.15) is 5.76 Å². The molecule has 3 rings (SSSR count). The van der Waals surface area contributed by atoms with Crippen LogP contribution in [-0.4, -0.2) is 33.2 Å². The molecular weight excluding hydrogens is 464 g/mol. The molecule has 0 unspecified atom stereocenters. The molecule has 2 aromatic carbocycles. The van der Waals surface area contributed by atoms with Gasteiger partial charge in [-0.15, -0.1) is 11.8 Å². The number of furan rings is 1. The SMILES string of the molecule is CSc1ccc(NC(=O)COC(=O)/C=C/c2ccc(S(=O)(=O)NCc3ccco3)cc2)cc1. The largest absolute Gasteiger partial charge is 0.468 e. The van der Waals surface area contributed by atoms with Gasteiger partial charge in [0.05, 0.1) is 17.7 Å². The number of carbonyl (C=O) groups is 2. The quantitative estimate of drug-likeness (QED) is 0.255. The number of ether oxygens (including phenoxy) is 1. The highest BCUT2D eigenvalue weighted by atomic mass is 32.2. The minimum Gasteiger partial charge on any atom is -0.468 e. The minimum atomic E-state index is -3.70. The van der Waals surface area contributed by atoms with Gasteiger partial charge in [-0.2, -0.15) is 0 Å². The Bertz CT molecular complexity index is 1200. The third kappa shape index (κ3) is 7.63. The maximum absolute atomic E-state index is 12.3. The number of amides is 1. The van der Waals surface area contributed by atoms with Crippen molar-refractivity contribution >= 4 is 45.4 Å². The lowest BCUT2D eigenvalue weighted by molar-refractivity contribution is -0.142. The molecule has 2 N–H and O–H groups in total. The monoisotopic (exact) mass is 486 g/mol. The molecule has 0 aliphatic rings. The highest BCUT2D eigenvalue weighted by molar-refractivity contribution is 7.98. The van der Waals surface area contributed by atoms with Gasteiger partial charge in [-0.05, 0) is 66.4 Å². The molecule has 1 amide bonds. The van der Waals surface area contributed by atoms with Gasteiger partial charge < -0.3 is 14.5 Å². The average molecular weight is 487 g/mol. The predicted molar refractivity (Wildman–Crippen MR) is 126 cm³/mol. The Morgan fingerprint density at radius 1 is 1.06 bits per heavy atom. The molecule has 0 fully saturated rings. The molecule has 0 aliphatic carbocycles. The van der Waals surface area contributed by atoms with E-state index in [0.717, 1.165) is 4.90 Å². The Balaban J connectivity index is 1.46. The van der Waals surface area contributed by atoms with Crippen LogP contribution in [0.25, 0.3) is 6.08 Å². The number of nitrogens with one attached hydrogen (secondary N) is 2.